The summed E-state index contributed by atoms with van der Waals surface area (Å²) >= 11 is 0. The van der Waals surface area contributed by atoms with Gasteiger partial charge in [0, 0.05) is 13.8 Å². The number of carbonyl (C=O) groups excluding carboxylic acids is 2. The van der Waals surface area contributed by atoms with Crippen LogP contribution in [-0.2, 0) is 9.59 Å². The number of nitrogens with zero attached hydrogens (tertiary/aromatic N) is 2. The van der Waals surface area contributed by atoms with Crippen LogP contribution in [0.3, 0.4) is 0 Å². The Labute approximate surface area is 73.1 Å². The Morgan fingerprint density at radius 3 is 1.83 bits per heavy atom. The SMILES string of the molecule is CC(=O)N(CC[N+](C)C)C(C)=O. The van der Waals surface area contributed by atoms with Gasteiger partial charge in [0.25, 0.3) is 0 Å². The molecule has 1 radical (unpaired) electrons. The Balaban J connectivity index is 3.97. The van der Waals surface area contributed by atoms with Crippen LogP contribution in [0, 0.1) is 0 Å². The van der Waals surface area contributed by atoms with E-state index >= 15 is 0 Å². The zero-order valence-electron chi connectivity index (χ0n) is 8.13. The van der Waals surface area contributed by atoms with Gasteiger partial charge >= 0.3 is 0 Å². The zero-order chi connectivity index (χ0) is 9.72. The van der Waals surface area contributed by atoms with Crippen molar-refractivity contribution in [2.45, 2.75) is 13.8 Å². The second-order valence-corrected chi connectivity index (χ2v) is 2.99. The number of imide groups is 1. The summed E-state index contributed by atoms with van der Waals surface area (Å²) in [5.41, 5.74) is 0. The van der Waals surface area contributed by atoms with Crippen LogP contribution in [0.2, 0.25) is 0 Å². The van der Waals surface area contributed by atoms with Gasteiger partial charge in [0.05, 0.1) is 6.54 Å². The Hall–Kier alpha value is -0.900. The summed E-state index contributed by atoms with van der Waals surface area (Å²) in [5, 5.41) is 0. The Morgan fingerprint density at radius 2 is 1.58 bits per heavy atom. The maximum absolute atomic E-state index is 10.9. The maximum Gasteiger partial charge on any atom is 0.226 e. The smallest absolute Gasteiger partial charge is 0.226 e. The first-order valence-electron chi connectivity index (χ1n) is 3.88. The van der Waals surface area contributed by atoms with E-state index in [2.05, 4.69) is 0 Å². The van der Waals surface area contributed by atoms with Crippen LogP contribution in [0.15, 0.2) is 0 Å². The molecule has 0 aromatic heterocycles. The van der Waals surface area contributed by atoms with Crippen molar-refractivity contribution in [1.82, 2.24) is 9.80 Å². The lowest BCUT2D eigenvalue weighted by molar-refractivity contribution is -0.142. The molecule has 0 bridgehead atoms. The molecule has 4 nitrogen and oxygen atoms in total. The van der Waals surface area contributed by atoms with E-state index in [9.17, 15) is 9.59 Å². The van der Waals surface area contributed by atoms with Crippen LogP contribution >= 0.6 is 0 Å². The molecule has 0 heterocycles. The van der Waals surface area contributed by atoms with E-state index < -0.39 is 0 Å². The summed E-state index contributed by atoms with van der Waals surface area (Å²) in [6.07, 6.45) is 0. The fourth-order valence-electron chi connectivity index (χ4n) is 0.837. The van der Waals surface area contributed by atoms with Gasteiger partial charge in [-0.05, 0) is 0 Å². The minimum Gasteiger partial charge on any atom is -0.277 e. The summed E-state index contributed by atoms with van der Waals surface area (Å²) in [6, 6.07) is 0. The average Bonchev–Trinajstić information content (AvgIpc) is 1.84. The van der Waals surface area contributed by atoms with Gasteiger partial charge in [-0.2, -0.15) is 4.90 Å². The second kappa shape index (κ2) is 4.87. The molecule has 12 heavy (non-hydrogen) atoms. The van der Waals surface area contributed by atoms with Gasteiger partial charge in [-0.25, -0.2) is 0 Å². The molecule has 0 aromatic carbocycles. The Morgan fingerprint density at radius 1 is 1.17 bits per heavy atom. The van der Waals surface area contributed by atoms with Crippen molar-refractivity contribution in [3.63, 3.8) is 0 Å². The van der Waals surface area contributed by atoms with Gasteiger partial charge in [-0.15, -0.1) is 0 Å². The minimum absolute atomic E-state index is 0.190. The van der Waals surface area contributed by atoms with E-state index in [1.165, 1.54) is 18.7 Å². The molecule has 0 saturated heterocycles. The van der Waals surface area contributed by atoms with Crippen LogP contribution in [0.5, 0.6) is 0 Å². The molecule has 4 heteroatoms. The van der Waals surface area contributed by atoms with E-state index in [1.807, 2.05) is 19.0 Å². The van der Waals surface area contributed by atoms with Gasteiger partial charge in [0.15, 0.2) is 0 Å². The van der Waals surface area contributed by atoms with Gasteiger partial charge in [-0.3, -0.25) is 14.5 Å². The van der Waals surface area contributed by atoms with Crippen molar-refractivity contribution >= 4 is 11.8 Å². The van der Waals surface area contributed by atoms with Gasteiger partial charge in [-0.1, -0.05) is 0 Å². The number of carbonyl (C=O) groups is 2. The highest BCUT2D eigenvalue weighted by atomic mass is 16.2. The average molecular weight is 172 g/mol. The number of hydrogen-bond donors (Lipinski definition) is 0. The molecule has 0 aliphatic rings. The topological polar surface area (TPSA) is 43.3 Å². The molecule has 0 aromatic rings. The maximum atomic E-state index is 10.9. The quantitative estimate of drug-likeness (QED) is 0.552. The second-order valence-electron chi connectivity index (χ2n) is 2.99. The molecule has 0 rings (SSSR count). The molecule has 0 aliphatic heterocycles. The van der Waals surface area contributed by atoms with Crippen molar-refractivity contribution in [3.8, 4) is 0 Å². The summed E-state index contributed by atoms with van der Waals surface area (Å²) in [6.45, 7) is 3.98. The van der Waals surface area contributed by atoms with Crippen molar-refractivity contribution in [1.29, 1.82) is 0 Å². The summed E-state index contributed by atoms with van der Waals surface area (Å²) in [5.74, 6) is -0.381. The highest BCUT2D eigenvalue weighted by Crippen LogP contribution is 1.90. The lowest BCUT2D eigenvalue weighted by Gasteiger charge is -2.15. The number of amides is 2. The third-order valence-corrected chi connectivity index (χ3v) is 1.53. The fraction of sp³-hybridized carbons (Fsp3) is 0.750. The largest absolute Gasteiger partial charge is 0.277 e. The standard InChI is InChI=1S/C8H16N2O2/c1-7(11)10(8(2)12)6-5-9(3)4/h5-6H2,1-4H3/q+1. The zero-order valence-corrected chi connectivity index (χ0v) is 8.13. The van der Waals surface area contributed by atoms with Crippen LogP contribution < -0.4 is 4.90 Å². The number of rotatable bonds is 3. The molecular weight excluding hydrogens is 156 g/mol. The van der Waals surface area contributed by atoms with Gasteiger partial charge in [0.1, 0.15) is 20.6 Å². The van der Waals surface area contributed by atoms with E-state index in [1.54, 1.807) is 0 Å². The van der Waals surface area contributed by atoms with Crippen LogP contribution in [0.1, 0.15) is 13.8 Å². The Kier molecular flexibility index (Phi) is 4.51. The van der Waals surface area contributed by atoms with E-state index in [4.69, 9.17) is 0 Å². The number of likely N-dealkylation sites (N-methyl/N-ethyl adjacent to an activating group) is 1. The molecule has 0 fully saturated rings. The fourth-order valence-corrected chi connectivity index (χ4v) is 0.837. The van der Waals surface area contributed by atoms with Crippen LogP contribution in [-0.4, -0.2) is 43.9 Å². The molecule has 0 atom stereocenters. The monoisotopic (exact) mass is 172 g/mol. The van der Waals surface area contributed by atoms with Gasteiger partial charge < -0.3 is 0 Å². The molecule has 69 valence electrons. The lowest BCUT2D eigenvalue weighted by Crippen LogP contribution is -2.39. The van der Waals surface area contributed by atoms with Crippen molar-refractivity contribution in [2.24, 2.45) is 0 Å². The first kappa shape index (κ1) is 11.1. The lowest BCUT2D eigenvalue weighted by atomic mass is 10.4. The normalized spacial score (nSPS) is 10.1. The molecule has 0 aliphatic carbocycles. The molecule has 0 N–H and O–H groups in total. The third-order valence-electron chi connectivity index (χ3n) is 1.53. The third kappa shape index (κ3) is 4.08. The molecule has 2 amide bonds. The van der Waals surface area contributed by atoms with Crippen molar-refractivity contribution in [3.05, 3.63) is 0 Å². The van der Waals surface area contributed by atoms with Crippen LogP contribution in [0.4, 0.5) is 0 Å². The molecular formula is C8H16N2O2+. The minimum atomic E-state index is -0.190. The predicted octanol–water partition coefficient (Wildman–Crippen LogP) is -0.219. The summed E-state index contributed by atoms with van der Waals surface area (Å²) < 4.78 is 0. The first-order valence-corrected chi connectivity index (χ1v) is 3.88. The molecule has 0 unspecified atom stereocenters. The molecule has 0 saturated carbocycles. The van der Waals surface area contributed by atoms with E-state index in [0.29, 0.717) is 13.1 Å². The Bertz CT molecular complexity index is 164. The first-order chi connectivity index (χ1) is 5.45. The van der Waals surface area contributed by atoms with Crippen LogP contribution in [0.25, 0.3) is 0 Å². The summed E-state index contributed by atoms with van der Waals surface area (Å²) in [7, 11) is 3.80. The van der Waals surface area contributed by atoms with Gasteiger partial charge in [0.2, 0.25) is 11.8 Å². The highest BCUT2D eigenvalue weighted by molar-refractivity contribution is 5.92. The predicted molar refractivity (Wildman–Crippen MR) is 46.9 cm³/mol. The van der Waals surface area contributed by atoms with Crippen molar-refractivity contribution < 1.29 is 9.59 Å². The number of hydrogen-bond acceptors (Lipinski definition) is 3. The summed E-state index contributed by atoms with van der Waals surface area (Å²) in [4.78, 5) is 24.9. The van der Waals surface area contributed by atoms with E-state index in [-0.39, 0.29) is 11.8 Å². The molecule has 0 spiro atoms. The van der Waals surface area contributed by atoms with E-state index in [0.717, 1.165) is 0 Å². The highest BCUT2D eigenvalue weighted by Gasteiger charge is 2.15. The van der Waals surface area contributed by atoms with Crippen molar-refractivity contribution in [2.75, 3.05) is 27.2 Å².